The molecule has 1 aliphatic rings. The van der Waals surface area contributed by atoms with Gasteiger partial charge < -0.3 is 14.8 Å². The molecule has 0 spiro atoms. The van der Waals surface area contributed by atoms with Crippen molar-refractivity contribution in [3.63, 3.8) is 0 Å². The highest BCUT2D eigenvalue weighted by atomic mass is 19.4. The number of halogens is 3. The number of rotatable bonds is 4. The summed E-state index contributed by atoms with van der Waals surface area (Å²) in [7, 11) is 0. The Morgan fingerprint density at radius 3 is 2.79 bits per heavy atom. The van der Waals surface area contributed by atoms with Crippen LogP contribution in [0.25, 0.3) is 11.1 Å². The van der Waals surface area contributed by atoms with Gasteiger partial charge in [-0.2, -0.15) is 0 Å². The molecule has 1 aliphatic heterocycles. The molecule has 3 aromatic rings. The summed E-state index contributed by atoms with van der Waals surface area (Å²) < 4.78 is 47.3. The van der Waals surface area contributed by atoms with Crippen LogP contribution >= 0.6 is 0 Å². The normalized spacial score (nSPS) is 12.4. The maximum absolute atomic E-state index is 12.5. The third kappa shape index (κ3) is 4.16. The minimum absolute atomic E-state index is 0.114. The number of fused-ring (bicyclic) bond motifs is 3. The lowest BCUT2D eigenvalue weighted by atomic mass is 9.97. The highest BCUT2D eigenvalue weighted by molar-refractivity contribution is 5.95. The number of nitrogens with one attached hydrogen (secondary N) is 1. The molecule has 0 unspecified atom stereocenters. The maximum Gasteiger partial charge on any atom is 0.573 e. The second-order valence-electron chi connectivity index (χ2n) is 6.37. The second kappa shape index (κ2) is 7.46. The van der Waals surface area contributed by atoms with Crippen LogP contribution in [0.1, 0.15) is 21.5 Å². The Hall–Kier alpha value is -3.55. The van der Waals surface area contributed by atoms with E-state index in [9.17, 15) is 18.0 Å². The average Bonchev–Trinajstić information content (AvgIpc) is 2.71. The lowest BCUT2D eigenvalue weighted by Gasteiger charge is -2.21. The van der Waals surface area contributed by atoms with E-state index in [1.165, 1.54) is 18.2 Å². The summed E-state index contributed by atoms with van der Waals surface area (Å²) in [5.41, 5.74) is 3.36. The molecule has 1 N–H and O–H groups in total. The average molecular weight is 400 g/mol. The molecular weight excluding hydrogens is 385 g/mol. The van der Waals surface area contributed by atoms with E-state index in [2.05, 4.69) is 15.0 Å². The van der Waals surface area contributed by atoms with Gasteiger partial charge in [-0.05, 0) is 35.9 Å². The molecule has 4 rings (SSSR count). The smallest absolute Gasteiger partial charge is 0.488 e. The molecule has 0 bridgehead atoms. The van der Waals surface area contributed by atoms with E-state index >= 15 is 0 Å². The lowest BCUT2D eigenvalue weighted by Crippen LogP contribution is -2.24. The number of ether oxygens (including phenoxy) is 2. The van der Waals surface area contributed by atoms with Crippen LogP contribution in [0.3, 0.4) is 0 Å². The van der Waals surface area contributed by atoms with Gasteiger partial charge in [-0.25, -0.2) is 0 Å². The fraction of sp³-hybridized carbons (Fsp3) is 0.143. The van der Waals surface area contributed by atoms with Crippen molar-refractivity contribution < 1.29 is 27.4 Å². The molecule has 0 aliphatic carbocycles. The van der Waals surface area contributed by atoms with Gasteiger partial charge >= 0.3 is 6.36 Å². The van der Waals surface area contributed by atoms with Gasteiger partial charge in [0.15, 0.2) is 0 Å². The van der Waals surface area contributed by atoms with E-state index < -0.39 is 12.3 Å². The minimum atomic E-state index is -4.80. The molecule has 0 saturated carbocycles. The highest BCUT2D eigenvalue weighted by Crippen LogP contribution is 2.37. The summed E-state index contributed by atoms with van der Waals surface area (Å²) in [6, 6.07) is 12.6. The SMILES string of the molecule is O=C(NCc1ccccc1OC(F)(F)F)c1ccc2c(c1)OCc1cnccc1-2. The number of alkyl halides is 3. The van der Waals surface area contributed by atoms with E-state index in [0.717, 1.165) is 16.7 Å². The van der Waals surface area contributed by atoms with Crippen molar-refractivity contribution in [2.24, 2.45) is 0 Å². The first kappa shape index (κ1) is 18.8. The second-order valence-corrected chi connectivity index (χ2v) is 6.37. The van der Waals surface area contributed by atoms with Crippen molar-refractivity contribution in [1.29, 1.82) is 0 Å². The maximum atomic E-state index is 12.5. The number of carbonyl (C=O) groups is 1. The Morgan fingerprint density at radius 1 is 1.14 bits per heavy atom. The number of benzene rings is 2. The van der Waals surface area contributed by atoms with Gasteiger partial charge in [0.05, 0.1) is 0 Å². The van der Waals surface area contributed by atoms with Crippen LogP contribution in [0.4, 0.5) is 13.2 Å². The van der Waals surface area contributed by atoms with Crippen molar-refractivity contribution in [2.75, 3.05) is 0 Å². The van der Waals surface area contributed by atoms with Crippen LogP contribution in [-0.2, 0) is 13.2 Å². The number of hydrogen-bond donors (Lipinski definition) is 1. The van der Waals surface area contributed by atoms with Crippen LogP contribution in [0.5, 0.6) is 11.5 Å². The quantitative estimate of drug-likeness (QED) is 0.702. The number of para-hydroxylation sites is 1. The van der Waals surface area contributed by atoms with Gasteiger partial charge in [0.25, 0.3) is 5.91 Å². The zero-order valence-electron chi connectivity index (χ0n) is 15.0. The van der Waals surface area contributed by atoms with Gasteiger partial charge in [0.2, 0.25) is 0 Å². The Kier molecular flexibility index (Phi) is 4.84. The fourth-order valence-electron chi connectivity index (χ4n) is 3.12. The van der Waals surface area contributed by atoms with Crippen LogP contribution in [0, 0.1) is 0 Å². The standard InChI is InChI=1S/C21H15F3N2O3/c22-21(23,24)29-18-4-2-1-3-14(18)11-26-20(27)13-5-6-17-16-7-8-25-10-15(16)12-28-19(17)9-13/h1-10H,11-12H2,(H,26,27). The molecule has 0 radical (unpaired) electrons. The van der Waals surface area contributed by atoms with Crippen molar-refractivity contribution in [3.8, 4) is 22.6 Å². The molecule has 5 nitrogen and oxygen atoms in total. The highest BCUT2D eigenvalue weighted by Gasteiger charge is 2.32. The van der Waals surface area contributed by atoms with Crippen molar-refractivity contribution in [3.05, 3.63) is 77.6 Å². The van der Waals surface area contributed by atoms with E-state index in [-0.39, 0.29) is 17.9 Å². The molecule has 1 amide bonds. The first-order valence-electron chi connectivity index (χ1n) is 8.73. The van der Waals surface area contributed by atoms with Crippen LogP contribution < -0.4 is 14.8 Å². The van der Waals surface area contributed by atoms with Crippen LogP contribution in [0.15, 0.2) is 60.9 Å². The van der Waals surface area contributed by atoms with E-state index in [4.69, 9.17) is 4.74 Å². The topological polar surface area (TPSA) is 60.5 Å². The zero-order chi connectivity index (χ0) is 20.4. The van der Waals surface area contributed by atoms with Gasteiger partial charge in [0, 0.05) is 41.2 Å². The van der Waals surface area contributed by atoms with E-state index in [1.807, 2.05) is 6.07 Å². The molecule has 2 aromatic carbocycles. The molecular formula is C21H15F3N2O3. The third-order valence-electron chi connectivity index (χ3n) is 4.46. The Bertz CT molecular complexity index is 1070. The lowest BCUT2D eigenvalue weighted by molar-refractivity contribution is -0.274. The minimum Gasteiger partial charge on any atom is -0.488 e. The summed E-state index contributed by atoms with van der Waals surface area (Å²) in [4.78, 5) is 16.6. The fourth-order valence-corrected chi connectivity index (χ4v) is 3.12. The molecule has 8 heteroatoms. The van der Waals surface area contributed by atoms with E-state index in [1.54, 1.807) is 36.7 Å². The summed E-state index contributed by atoms with van der Waals surface area (Å²) in [5, 5.41) is 2.62. The number of amides is 1. The molecule has 29 heavy (non-hydrogen) atoms. The Morgan fingerprint density at radius 2 is 1.97 bits per heavy atom. The van der Waals surface area contributed by atoms with Gasteiger partial charge in [-0.15, -0.1) is 13.2 Å². The monoisotopic (exact) mass is 400 g/mol. The predicted molar refractivity (Wildman–Crippen MR) is 98.3 cm³/mol. The van der Waals surface area contributed by atoms with Crippen molar-refractivity contribution in [1.82, 2.24) is 10.3 Å². The van der Waals surface area contributed by atoms with Gasteiger partial charge in [-0.1, -0.05) is 18.2 Å². The number of carbonyl (C=O) groups excluding carboxylic acids is 1. The predicted octanol–water partition coefficient (Wildman–Crippen LogP) is 4.47. The van der Waals surface area contributed by atoms with Gasteiger partial charge in [0.1, 0.15) is 18.1 Å². The zero-order valence-corrected chi connectivity index (χ0v) is 15.0. The van der Waals surface area contributed by atoms with Crippen LogP contribution in [0.2, 0.25) is 0 Å². The molecule has 0 fully saturated rings. The molecule has 2 heterocycles. The molecule has 0 atom stereocenters. The summed E-state index contributed by atoms with van der Waals surface area (Å²) in [6.45, 7) is 0.237. The molecule has 148 valence electrons. The largest absolute Gasteiger partial charge is 0.573 e. The summed E-state index contributed by atoms with van der Waals surface area (Å²) >= 11 is 0. The summed E-state index contributed by atoms with van der Waals surface area (Å²) in [5.74, 6) is -0.213. The van der Waals surface area contributed by atoms with Gasteiger partial charge in [-0.3, -0.25) is 9.78 Å². The first-order chi connectivity index (χ1) is 13.9. The third-order valence-corrected chi connectivity index (χ3v) is 4.46. The number of hydrogen-bond acceptors (Lipinski definition) is 4. The number of pyridine rings is 1. The van der Waals surface area contributed by atoms with Crippen molar-refractivity contribution >= 4 is 5.91 Å². The Balaban J connectivity index is 1.50. The van der Waals surface area contributed by atoms with E-state index in [0.29, 0.717) is 17.9 Å². The first-order valence-corrected chi connectivity index (χ1v) is 8.73. The summed E-state index contributed by atoms with van der Waals surface area (Å²) in [6.07, 6.45) is -1.38. The number of nitrogens with zero attached hydrogens (tertiary/aromatic N) is 1. The molecule has 0 saturated heterocycles. The number of aromatic nitrogens is 1. The van der Waals surface area contributed by atoms with Crippen LogP contribution in [-0.4, -0.2) is 17.3 Å². The van der Waals surface area contributed by atoms with Crippen molar-refractivity contribution in [2.45, 2.75) is 19.5 Å². The molecule has 1 aromatic heterocycles. The Labute approximate surface area is 164 Å².